The number of hydrogen-bond donors (Lipinski definition) is 1. The number of hydrogen-bond acceptors (Lipinski definition) is 1. The maximum atomic E-state index is 4.09. The first kappa shape index (κ1) is 22.0. The molecule has 0 unspecified atom stereocenters. The predicted molar refractivity (Wildman–Crippen MR) is 94.1 cm³/mol. The molecule has 1 aliphatic carbocycles. The fourth-order valence-electron chi connectivity index (χ4n) is 3.36. The van der Waals surface area contributed by atoms with Crippen LogP contribution in [0.2, 0.25) is 13.1 Å². The van der Waals surface area contributed by atoms with Gasteiger partial charge in [0, 0.05) is 0 Å². The smallest absolute Gasteiger partial charge is 1.00 e. The van der Waals surface area contributed by atoms with E-state index in [0.29, 0.717) is 4.22 Å². The minimum Gasteiger partial charge on any atom is -1.00 e. The average molecular weight is 414 g/mol. The van der Waals surface area contributed by atoms with Crippen molar-refractivity contribution < 1.29 is 41.7 Å². The summed E-state index contributed by atoms with van der Waals surface area (Å²) in [6.07, 6.45) is -0.317. The third kappa shape index (κ3) is 4.35. The largest absolute Gasteiger partial charge is 1.00 e. The van der Waals surface area contributed by atoms with Crippen molar-refractivity contribution in [3.63, 3.8) is 0 Å². The van der Waals surface area contributed by atoms with Crippen LogP contribution < -0.4 is 28.6 Å². The molecule has 0 atom stereocenters. The molecule has 0 aliphatic heterocycles. The Kier molecular flexibility index (Phi) is 7.80. The van der Waals surface area contributed by atoms with Crippen LogP contribution in [0.1, 0.15) is 36.1 Å². The fourth-order valence-corrected chi connectivity index (χ4v) is 14.1. The summed E-state index contributed by atoms with van der Waals surface area (Å²) in [4.78, 5) is 0. The van der Waals surface area contributed by atoms with E-state index in [1.165, 1.54) is 11.1 Å². The number of rotatable bonds is 2. The Hall–Kier alpha value is -0.0888. The molecule has 0 heterocycles. The molecule has 1 N–H and O–H groups in total. The van der Waals surface area contributed by atoms with Crippen LogP contribution >= 0.6 is 0 Å². The molecular formula is C19H25Cl2NSiTi. The predicted octanol–water partition coefficient (Wildman–Crippen LogP) is -1.06. The standard InChI is InChI=1S/C13H9.C4H10N.C2H6Si.2ClH.Ti/c1-3-7-12-10(5-1)9-11-6-2-4-8-13(11)12;1-4(2,3)5;1-3-2;;;/h1-9H;5H,1-3H3;1-2H3;2*1H;/q;-1;;;;+3/p-2. The fraction of sp³-hybridized carbons (Fsp3) is 0.368. The summed E-state index contributed by atoms with van der Waals surface area (Å²) >= 11 is -1.44. The van der Waals surface area contributed by atoms with E-state index in [2.05, 4.69) is 86.2 Å². The maximum absolute atomic E-state index is 4.09. The molecule has 0 saturated heterocycles. The van der Waals surface area contributed by atoms with Crippen molar-refractivity contribution in [1.29, 1.82) is 0 Å². The summed E-state index contributed by atoms with van der Waals surface area (Å²) < 4.78 is 4.74. The van der Waals surface area contributed by atoms with Gasteiger partial charge in [-0.1, -0.05) is 0 Å². The van der Waals surface area contributed by atoms with E-state index in [1.807, 2.05) is 0 Å². The van der Waals surface area contributed by atoms with Crippen molar-refractivity contribution in [2.45, 2.75) is 43.6 Å². The zero-order valence-electron chi connectivity index (χ0n) is 15.0. The summed E-state index contributed by atoms with van der Waals surface area (Å²) in [5, 5.41) is 0. The van der Waals surface area contributed by atoms with E-state index in [9.17, 15) is 0 Å². The van der Waals surface area contributed by atoms with Crippen molar-refractivity contribution in [2.24, 2.45) is 0 Å². The van der Waals surface area contributed by atoms with Crippen LogP contribution in [0.4, 0.5) is 0 Å². The van der Waals surface area contributed by atoms with E-state index >= 15 is 0 Å². The Morgan fingerprint density at radius 1 is 0.833 bits per heavy atom. The molecule has 0 saturated carbocycles. The molecule has 0 spiro atoms. The normalized spacial score (nSPS) is 12.2. The van der Waals surface area contributed by atoms with Crippen LogP contribution in [0.3, 0.4) is 0 Å². The van der Waals surface area contributed by atoms with Gasteiger partial charge in [0.25, 0.3) is 0 Å². The Balaban J connectivity index is 0.00000144. The van der Waals surface area contributed by atoms with E-state index in [4.69, 9.17) is 0 Å². The van der Waals surface area contributed by atoms with Crippen LogP contribution in [0.5, 0.6) is 0 Å². The first-order valence-electron chi connectivity index (χ1n) is 8.02. The Bertz CT molecular complexity index is 704. The molecule has 2 aromatic carbocycles. The summed E-state index contributed by atoms with van der Waals surface area (Å²) in [6, 6.07) is 18.1. The minimum atomic E-state index is -1.44. The minimum absolute atomic E-state index is 0. The van der Waals surface area contributed by atoms with Crippen molar-refractivity contribution in [3.8, 4) is 11.1 Å². The third-order valence-electron chi connectivity index (χ3n) is 4.17. The SMILES string of the molecule is C[Si](C)=[Ti+2]([NH]C(C)(C)C)[CH]1c2ccccc2-c2ccccc21.[Cl-].[Cl-]. The Morgan fingerprint density at radius 3 is 1.62 bits per heavy atom. The molecule has 24 heavy (non-hydrogen) atoms. The first-order chi connectivity index (χ1) is 10.4. The zero-order valence-corrected chi connectivity index (χ0v) is 19.0. The molecular weight excluding hydrogens is 389 g/mol. The van der Waals surface area contributed by atoms with Gasteiger partial charge in [0.1, 0.15) is 0 Å². The monoisotopic (exact) mass is 413 g/mol. The Morgan fingerprint density at radius 2 is 1.25 bits per heavy atom. The Labute approximate surface area is 165 Å². The molecule has 5 heteroatoms. The second-order valence-corrected chi connectivity index (χ2v) is 18.9. The summed E-state index contributed by atoms with van der Waals surface area (Å²) in [6.45, 7) is 12.0. The van der Waals surface area contributed by atoms with Gasteiger partial charge in [-0.2, -0.15) is 0 Å². The van der Waals surface area contributed by atoms with Gasteiger partial charge in [-0.15, -0.1) is 0 Å². The molecule has 0 fully saturated rings. The van der Waals surface area contributed by atoms with Gasteiger partial charge in [-0.3, -0.25) is 0 Å². The number of benzene rings is 2. The molecule has 3 rings (SSSR count). The van der Waals surface area contributed by atoms with E-state index in [1.54, 1.807) is 11.1 Å². The van der Waals surface area contributed by atoms with Crippen molar-refractivity contribution in [1.82, 2.24) is 3.80 Å². The van der Waals surface area contributed by atoms with Gasteiger partial charge in [0.2, 0.25) is 0 Å². The summed E-state index contributed by atoms with van der Waals surface area (Å²) in [5.41, 5.74) is 6.28. The first-order valence-corrected chi connectivity index (χ1v) is 14.5. The van der Waals surface area contributed by atoms with Crippen LogP contribution in [-0.4, -0.2) is 11.7 Å². The average Bonchev–Trinajstić information content (AvgIpc) is 2.78. The number of fused-ring (bicyclic) bond motifs is 3. The van der Waals surface area contributed by atoms with Crippen molar-refractivity contribution in [2.75, 3.05) is 0 Å². The second-order valence-electron chi connectivity index (χ2n) is 7.40. The van der Waals surface area contributed by atoms with E-state index < -0.39 is 16.9 Å². The molecule has 1 nitrogen and oxygen atoms in total. The zero-order chi connectivity index (χ0) is 15.9. The van der Waals surface area contributed by atoms with Crippen LogP contribution in [0, 0.1) is 0 Å². The van der Waals surface area contributed by atoms with Gasteiger partial charge >= 0.3 is 141 Å². The van der Waals surface area contributed by atoms with Gasteiger partial charge in [0.15, 0.2) is 0 Å². The van der Waals surface area contributed by atoms with Gasteiger partial charge in [0.05, 0.1) is 0 Å². The van der Waals surface area contributed by atoms with Crippen LogP contribution in [0.15, 0.2) is 48.5 Å². The van der Waals surface area contributed by atoms with Gasteiger partial charge in [-0.25, -0.2) is 0 Å². The van der Waals surface area contributed by atoms with Gasteiger partial charge in [-0.05, 0) is 0 Å². The van der Waals surface area contributed by atoms with Crippen molar-refractivity contribution in [3.05, 3.63) is 59.7 Å². The van der Waals surface area contributed by atoms with Crippen LogP contribution in [0.25, 0.3) is 11.1 Å². The van der Waals surface area contributed by atoms with Gasteiger partial charge < -0.3 is 24.8 Å². The molecule has 0 radical (unpaired) electrons. The molecule has 0 aromatic heterocycles. The molecule has 2 aromatic rings. The summed E-state index contributed by atoms with van der Waals surface area (Å²) in [7, 11) is 0. The van der Waals surface area contributed by atoms with E-state index in [0.717, 1.165) is 0 Å². The van der Waals surface area contributed by atoms with E-state index in [-0.39, 0.29) is 36.5 Å². The molecule has 128 valence electrons. The summed E-state index contributed by atoms with van der Waals surface area (Å²) in [5.74, 6) is 0. The van der Waals surface area contributed by atoms with Crippen LogP contribution in [-0.2, 0) is 16.9 Å². The quantitative estimate of drug-likeness (QED) is 0.618. The number of nitrogens with one attached hydrogen (secondary N) is 1. The third-order valence-corrected chi connectivity index (χ3v) is 15.5. The topological polar surface area (TPSA) is 12.0 Å². The van der Waals surface area contributed by atoms with Crippen molar-refractivity contribution >= 4 is 6.19 Å². The molecule has 0 amide bonds. The number of halogens is 2. The maximum Gasteiger partial charge on any atom is -1.00 e. The second kappa shape index (κ2) is 8.53. The molecule has 1 aliphatic rings. The molecule has 0 bridgehead atoms.